The Morgan fingerprint density at radius 2 is 2.00 bits per heavy atom. The molecule has 0 atom stereocenters. The fourth-order valence-electron chi connectivity index (χ4n) is 1.36. The van der Waals surface area contributed by atoms with Crippen LogP contribution in [0.1, 0.15) is 19.8 Å². The highest BCUT2D eigenvalue weighted by molar-refractivity contribution is 7.90. The molecule has 0 aromatic heterocycles. The summed E-state index contributed by atoms with van der Waals surface area (Å²) < 4.78 is 21.8. The lowest BCUT2D eigenvalue weighted by atomic mass is 10.3. The highest BCUT2D eigenvalue weighted by atomic mass is 32.2. The molecule has 0 rings (SSSR count). The Bertz CT molecular complexity index is 288. The average Bonchev–Trinajstić information content (AvgIpc) is 2.00. The second kappa shape index (κ2) is 7.14. The van der Waals surface area contributed by atoms with Crippen molar-refractivity contribution in [3.63, 3.8) is 0 Å². The molecule has 0 radical (unpaired) electrons. The zero-order chi connectivity index (χ0) is 11.9. The van der Waals surface area contributed by atoms with Gasteiger partial charge in [0.2, 0.25) is 0 Å². The molecule has 0 aromatic rings. The monoisotopic (exact) mass is 252 g/mol. The third-order valence-corrected chi connectivity index (χ3v) is 3.07. The smallest absolute Gasteiger partial charge is 0.147 e. The Morgan fingerprint density at radius 3 is 2.40 bits per heavy atom. The quantitative estimate of drug-likeness (QED) is 0.634. The third kappa shape index (κ3) is 10.1. The van der Waals surface area contributed by atoms with Gasteiger partial charge in [-0.15, -0.1) is 0 Å². The predicted octanol–water partition coefficient (Wildman–Crippen LogP) is 0.419. The van der Waals surface area contributed by atoms with Crippen molar-refractivity contribution in [2.75, 3.05) is 31.6 Å². The van der Waals surface area contributed by atoms with Gasteiger partial charge in [-0.3, -0.25) is 4.90 Å². The molecule has 0 saturated carbocycles. The van der Waals surface area contributed by atoms with E-state index in [2.05, 4.69) is 11.8 Å². The first-order valence-electron chi connectivity index (χ1n) is 5.03. The Labute approximate surface area is 97.7 Å². The lowest BCUT2D eigenvalue weighted by molar-refractivity contribution is 0.313. The van der Waals surface area contributed by atoms with Crippen LogP contribution in [0.25, 0.3) is 0 Å². The Balaban J connectivity index is 3.90. The van der Waals surface area contributed by atoms with Crippen LogP contribution in [0.15, 0.2) is 0 Å². The molecule has 2 N–H and O–H groups in total. The van der Waals surface area contributed by atoms with E-state index in [0.717, 1.165) is 19.5 Å². The van der Waals surface area contributed by atoms with Crippen LogP contribution < -0.4 is 5.73 Å². The van der Waals surface area contributed by atoms with E-state index in [0.29, 0.717) is 18.0 Å². The fourth-order valence-corrected chi connectivity index (χ4v) is 2.19. The largest absolute Gasteiger partial charge is 0.392 e. The van der Waals surface area contributed by atoms with Crippen LogP contribution >= 0.6 is 12.2 Å². The van der Waals surface area contributed by atoms with Gasteiger partial charge < -0.3 is 5.73 Å². The van der Waals surface area contributed by atoms with Crippen molar-refractivity contribution in [1.29, 1.82) is 0 Å². The van der Waals surface area contributed by atoms with Crippen LogP contribution in [0.3, 0.4) is 0 Å². The van der Waals surface area contributed by atoms with Gasteiger partial charge in [-0.25, -0.2) is 8.42 Å². The van der Waals surface area contributed by atoms with E-state index < -0.39 is 9.84 Å². The normalized spacial score (nSPS) is 11.9. The lowest BCUT2D eigenvalue weighted by Gasteiger charge is -2.20. The minimum absolute atomic E-state index is 0.227. The number of sulfone groups is 1. The van der Waals surface area contributed by atoms with Crippen molar-refractivity contribution in [2.45, 2.75) is 19.8 Å². The summed E-state index contributed by atoms with van der Waals surface area (Å²) >= 11 is 4.83. The zero-order valence-corrected chi connectivity index (χ0v) is 11.0. The number of nitrogens with zero attached hydrogens (tertiary/aromatic N) is 1. The molecule has 0 bridgehead atoms. The third-order valence-electron chi connectivity index (χ3n) is 1.91. The summed E-state index contributed by atoms with van der Waals surface area (Å²) in [6, 6.07) is 0. The van der Waals surface area contributed by atoms with Crippen LogP contribution in [0.2, 0.25) is 0 Å². The molecule has 0 heterocycles. The first kappa shape index (κ1) is 14.8. The second-order valence-electron chi connectivity index (χ2n) is 3.73. The summed E-state index contributed by atoms with van der Waals surface area (Å²) in [5.74, 6) is 0.227. The standard InChI is InChI=1S/C9H20N2O2S2/c1-3-5-11(8-9(10)14)6-4-7-15(2,12)13/h3-8H2,1-2H3,(H2,10,14). The van der Waals surface area contributed by atoms with Gasteiger partial charge >= 0.3 is 0 Å². The Morgan fingerprint density at radius 1 is 1.40 bits per heavy atom. The van der Waals surface area contributed by atoms with Gasteiger partial charge in [-0.05, 0) is 25.9 Å². The van der Waals surface area contributed by atoms with Crippen LogP contribution in [0.4, 0.5) is 0 Å². The van der Waals surface area contributed by atoms with Crippen LogP contribution in [0.5, 0.6) is 0 Å². The van der Waals surface area contributed by atoms with E-state index >= 15 is 0 Å². The number of nitrogens with two attached hydrogens (primary N) is 1. The van der Waals surface area contributed by atoms with E-state index in [1.54, 1.807) is 0 Å². The summed E-state index contributed by atoms with van der Waals surface area (Å²) in [6.45, 7) is 4.29. The van der Waals surface area contributed by atoms with Crippen molar-refractivity contribution in [3.05, 3.63) is 0 Å². The molecule has 0 unspecified atom stereocenters. The molecule has 15 heavy (non-hydrogen) atoms. The van der Waals surface area contributed by atoms with Crippen molar-refractivity contribution in [3.8, 4) is 0 Å². The summed E-state index contributed by atoms with van der Waals surface area (Å²) in [5, 5.41) is 0. The number of thiocarbonyl (C=S) groups is 1. The van der Waals surface area contributed by atoms with Crippen LogP contribution in [-0.4, -0.2) is 49.9 Å². The van der Waals surface area contributed by atoms with Gasteiger partial charge in [-0.1, -0.05) is 19.1 Å². The van der Waals surface area contributed by atoms with Gasteiger partial charge in [0, 0.05) is 12.8 Å². The maximum atomic E-state index is 10.9. The molecule has 0 aliphatic heterocycles. The van der Waals surface area contributed by atoms with Gasteiger partial charge in [-0.2, -0.15) is 0 Å². The minimum Gasteiger partial charge on any atom is -0.392 e. The maximum absolute atomic E-state index is 10.9. The van der Waals surface area contributed by atoms with E-state index in [4.69, 9.17) is 18.0 Å². The fraction of sp³-hybridized carbons (Fsp3) is 0.889. The second-order valence-corrected chi connectivity index (χ2v) is 6.51. The molecule has 0 spiro atoms. The Kier molecular flexibility index (Phi) is 7.04. The summed E-state index contributed by atoms with van der Waals surface area (Å²) in [7, 11) is -2.85. The highest BCUT2D eigenvalue weighted by Crippen LogP contribution is 1.96. The number of hydrogen-bond donors (Lipinski definition) is 1. The molecule has 0 aromatic carbocycles. The molecule has 0 amide bonds. The lowest BCUT2D eigenvalue weighted by Crippen LogP contribution is -2.34. The molecule has 0 aliphatic carbocycles. The summed E-state index contributed by atoms with van der Waals surface area (Å²) in [5.41, 5.74) is 5.45. The highest BCUT2D eigenvalue weighted by Gasteiger charge is 2.07. The van der Waals surface area contributed by atoms with Crippen molar-refractivity contribution in [1.82, 2.24) is 4.90 Å². The summed E-state index contributed by atoms with van der Waals surface area (Å²) in [6.07, 6.45) is 2.91. The van der Waals surface area contributed by atoms with E-state index in [1.807, 2.05) is 0 Å². The molecule has 6 heteroatoms. The number of rotatable bonds is 8. The van der Waals surface area contributed by atoms with E-state index in [-0.39, 0.29) is 5.75 Å². The average molecular weight is 252 g/mol. The maximum Gasteiger partial charge on any atom is 0.147 e. The topological polar surface area (TPSA) is 63.4 Å². The van der Waals surface area contributed by atoms with Crippen molar-refractivity contribution < 1.29 is 8.42 Å². The van der Waals surface area contributed by atoms with E-state index in [1.165, 1.54) is 6.26 Å². The van der Waals surface area contributed by atoms with Crippen molar-refractivity contribution >= 4 is 27.0 Å². The molecule has 0 fully saturated rings. The van der Waals surface area contributed by atoms with Crippen LogP contribution in [-0.2, 0) is 9.84 Å². The molecule has 0 aliphatic rings. The Hall–Kier alpha value is -0.200. The van der Waals surface area contributed by atoms with E-state index in [9.17, 15) is 8.42 Å². The molecular formula is C9H20N2O2S2. The van der Waals surface area contributed by atoms with Crippen molar-refractivity contribution in [2.24, 2.45) is 5.73 Å². The molecule has 90 valence electrons. The first-order valence-corrected chi connectivity index (χ1v) is 7.50. The molecular weight excluding hydrogens is 232 g/mol. The zero-order valence-electron chi connectivity index (χ0n) is 9.40. The predicted molar refractivity (Wildman–Crippen MR) is 67.8 cm³/mol. The van der Waals surface area contributed by atoms with Gasteiger partial charge in [0.15, 0.2) is 0 Å². The number of hydrogen-bond acceptors (Lipinski definition) is 4. The van der Waals surface area contributed by atoms with Gasteiger partial charge in [0.1, 0.15) is 9.84 Å². The summed E-state index contributed by atoms with van der Waals surface area (Å²) in [4.78, 5) is 2.55. The van der Waals surface area contributed by atoms with Gasteiger partial charge in [0.25, 0.3) is 0 Å². The van der Waals surface area contributed by atoms with Crippen LogP contribution in [0, 0.1) is 0 Å². The minimum atomic E-state index is -2.85. The molecule has 0 saturated heterocycles. The first-order chi connectivity index (χ1) is 6.85. The molecule has 4 nitrogen and oxygen atoms in total. The SMILES string of the molecule is CCCN(CCCS(C)(=O)=O)CC(N)=S. The van der Waals surface area contributed by atoms with Gasteiger partial charge in [0.05, 0.1) is 10.7 Å².